The van der Waals surface area contributed by atoms with E-state index in [1.54, 1.807) is 26.2 Å². The largest absolute Gasteiger partial charge is 0.497 e. The molecule has 0 spiro atoms. The second kappa shape index (κ2) is 14.7. The van der Waals surface area contributed by atoms with Gasteiger partial charge in [-0.2, -0.15) is 0 Å². The predicted molar refractivity (Wildman–Crippen MR) is 119 cm³/mol. The van der Waals surface area contributed by atoms with Crippen LogP contribution in [0.25, 0.3) is 0 Å². The van der Waals surface area contributed by atoms with E-state index in [2.05, 4.69) is 37.6 Å². The summed E-state index contributed by atoms with van der Waals surface area (Å²) in [5, 5.41) is 5.67. The molecule has 0 aromatic heterocycles. The lowest BCUT2D eigenvalue weighted by Gasteiger charge is -2.11. The molecule has 0 fully saturated rings. The average Bonchev–Trinajstić information content (AvgIpc) is 2.75. The molecule has 0 unspecified atom stereocenters. The number of carbonyl (C=O) groups is 1. The lowest BCUT2D eigenvalue weighted by Crippen LogP contribution is -2.27. The van der Waals surface area contributed by atoms with Gasteiger partial charge in [0, 0.05) is 12.2 Å². The number of nitrogens with one attached hydrogen (secondary N) is 2. The molecule has 2 aromatic carbocycles. The van der Waals surface area contributed by atoms with Crippen LogP contribution >= 0.6 is 0 Å². The van der Waals surface area contributed by atoms with Crippen LogP contribution in [0.1, 0.15) is 32.8 Å². The zero-order valence-corrected chi connectivity index (χ0v) is 17.7. The van der Waals surface area contributed by atoms with Crippen LogP contribution in [0.5, 0.6) is 5.75 Å². The minimum absolute atomic E-state index is 0.213. The molecular weight excluding hydrogens is 369 g/mol. The highest BCUT2D eigenvalue weighted by molar-refractivity contribution is 5.93. The maximum absolute atomic E-state index is 12.9. The number of hydrogen-bond donors (Lipinski definition) is 3. The molecule has 2 rings (SSSR count). The van der Waals surface area contributed by atoms with Crippen molar-refractivity contribution in [2.75, 3.05) is 12.4 Å². The van der Waals surface area contributed by atoms with Gasteiger partial charge in [0.2, 0.25) is 0 Å². The van der Waals surface area contributed by atoms with Crippen molar-refractivity contribution >= 4 is 11.6 Å². The first-order valence-electron chi connectivity index (χ1n) is 9.31. The standard InChI is InChI=1S/C18H20FN3O2.C3H8.C2H4/c1-12(17(20)22-15-8-6-14(19)7-9-15)18(23)21-11-13-4-3-5-16(10-13)24-2;1-3-2;1-2/h3-10,22H,11,20H2,1-2H3,(H,21,23);3H2,1-2H3;1-2H2/b17-12+;;. The van der Waals surface area contributed by atoms with Gasteiger partial charge in [-0.1, -0.05) is 32.4 Å². The van der Waals surface area contributed by atoms with Crippen LogP contribution in [0.15, 0.2) is 73.1 Å². The normalized spacial score (nSPS) is 10.2. The van der Waals surface area contributed by atoms with E-state index in [4.69, 9.17) is 10.5 Å². The van der Waals surface area contributed by atoms with Crippen LogP contribution in [0.4, 0.5) is 10.1 Å². The fourth-order valence-corrected chi connectivity index (χ4v) is 2.00. The number of hydrogen-bond acceptors (Lipinski definition) is 4. The number of anilines is 1. The van der Waals surface area contributed by atoms with Gasteiger partial charge in [0.05, 0.1) is 12.7 Å². The quantitative estimate of drug-likeness (QED) is 0.472. The number of benzene rings is 2. The SMILES string of the molecule is C=C.CCC.COc1cccc(CNC(=O)/C(C)=C(\N)Nc2ccc(F)cc2)c1. The maximum Gasteiger partial charge on any atom is 0.250 e. The van der Waals surface area contributed by atoms with E-state index in [0.717, 1.165) is 11.3 Å². The highest BCUT2D eigenvalue weighted by Crippen LogP contribution is 2.13. The summed E-state index contributed by atoms with van der Waals surface area (Å²) in [5.41, 5.74) is 7.77. The van der Waals surface area contributed by atoms with Gasteiger partial charge in [-0.15, -0.1) is 13.2 Å². The van der Waals surface area contributed by atoms with E-state index in [9.17, 15) is 9.18 Å². The fraction of sp³-hybridized carbons (Fsp3) is 0.261. The van der Waals surface area contributed by atoms with E-state index in [1.807, 2.05) is 24.3 Å². The highest BCUT2D eigenvalue weighted by atomic mass is 19.1. The molecule has 29 heavy (non-hydrogen) atoms. The van der Waals surface area contributed by atoms with Crippen LogP contribution in [0, 0.1) is 5.82 Å². The Morgan fingerprint density at radius 2 is 1.72 bits per heavy atom. The molecule has 2 aromatic rings. The summed E-state index contributed by atoms with van der Waals surface area (Å²) >= 11 is 0. The number of nitrogens with two attached hydrogens (primary N) is 1. The fourth-order valence-electron chi connectivity index (χ4n) is 2.00. The molecule has 0 aliphatic carbocycles. The van der Waals surface area contributed by atoms with Gasteiger partial charge < -0.3 is 21.1 Å². The summed E-state index contributed by atoms with van der Waals surface area (Å²) in [4.78, 5) is 12.2. The minimum atomic E-state index is -0.337. The molecule has 0 heterocycles. The third-order valence-corrected chi connectivity index (χ3v) is 3.46. The Morgan fingerprint density at radius 3 is 2.28 bits per heavy atom. The molecule has 0 aliphatic heterocycles. The van der Waals surface area contributed by atoms with Crippen molar-refractivity contribution in [1.29, 1.82) is 0 Å². The topological polar surface area (TPSA) is 76.4 Å². The van der Waals surface area contributed by atoms with E-state index in [1.165, 1.54) is 18.6 Å². The molecule has 6 heteroatoms. The van der Waals surface area contributed by atoms with E-state index >= 15 is 0 Å². The Labute approximate surface area is 173 Å². The second-order valence-corrected chi connectivity index (χ2v) is 5.91. The van der Waals surface area contributed by atoms with Crippen molar-refractivity contribution < 1.29 is 13.9 Å². The first-order chi connectivity index (χ1) is 13.9. The molecule has 158 valence electrons. The highest BCUT2D eigenvalue weighted by Gasteiger charge is 2.09. The molecule has 0 atom stereocenters. The molecular formula is C23H32FN3O2. The lowest BCUT2D eigenvalue weighted by atomic mass is 10.2. The van der Waals surface area contributed by atoms with Gasteiger partial charge in [-0.05, 0) is 48.9 Å². The number of ether oxygens (including phenoxy) is 1. The van der Waals surface area contributed by atoms with Gasteiger partial charge in [0.15, 0.2) is 0 Å². The molecule has 0 saturated carbocycles. The minimum Gasteiger partial charge on any atom is -0.497 e. The Bertz CT molecular complexity index is 774. The van der Waals surface area contributed by atoms with Crippen LogP contribution in [0.2, 0.25) is 0 Å². The van der Waals surface area contributed by atoms with E-state index in [0.29, 0.717) is 17.8 Å². The van der Waals surface area contributed by atoms with Gasteiger partial charge in [-0.3, -0.25) is 4.79 Å². The van der Waals surface area contributed by atoms with Crippen molar-refractivity contribution in [3.8, 4) is 5.75 Å². The van der Waals surface area contributed by atoms with Crippen molar-refractivity contribution in [2.24, 2.45) is 5.73 Å². The zero-order valence-electron chi connectivity index (χ0n) is 17.7. The smallest absolute Gasteiger partial charge is 0.250 e. The summed E-state index contributed by atoms with van der Waals surface area (Å²) in [7, 11) is 1.59. The Morgan fingerprint density at radius 1 is 1.14 bits per heavy atom. The zero-order chi connectivity index (χ0) is 22.2. The summed E-state index contributed by atoms with van der Waals surface area (Å²) in [6, 6.07) is 13.1. The number of carbonyl (C=O) groups excluding carboxylic acids is 1. The Kier molecular flexibility index (Phi) is 13.1. The van der Waals surface area contributed by atoms with Crippen LogP contribution in [0.3, 0.4) is 0 Å². The van der Waals surface area contributed by atoms with Crippen LogP contribution < -0.4 is 21.1 Å². The summed E-state index contributed by atoms with van der Waals surface area (Å²) < 4.78 is 18.0. The van der Waals surface area contributed by atoms with Gasteiger partial charge in [-0.25, -0.2) is 4.39 Å². The predicted octanol–water partition coefficient (Wildman–Crippen LogP) is 4.97. The average molecular weight is 402 g/mol. The van der Waals surface area contributed by atoms with Crippen molar-refractivity contribution in [3.63, 3.8) is 0 Å². The molecule has 4 N–H and O–H groups in total. The van der Waals surface area contributed by atoms with Gasteiger partial charge in [0.25, 0.3) is 5.91 Å². The number of rotatable bonds is 6. The van der Waals surface area contributed by atoms with Gasteiger partial charge >= 0.3 is 0 Å². The molecule has 0 radical (unpaired) electrons. The number of halogens is 1. The number of methoxy groups -OCH3 is 1. The molecule has 1 amide bonds. The molecule has 5 nitrogen and oxygen atoms in total. The Balaban J connectivity index is 0.00000143. The van der Waals surface area contributed by atoms with Crippen LogP contribution in [-0.4, -0.2) is 13.0 Å². The first kappa shape index (κ1) is 25.7. The Hall–Kier alpha value is -3.28. The van der Waals surface area contributed by atoms with Crippen molar-refractivity contribution in [3.05, 3.63) is 84.5 Å². The summed E-state index contributed by atoms with van der Waals surface area (Å²) in [6.45, 7) is 12.2. The summed E-state index contributed by atoms with van der Waals surface area (Å²) in [6.07, 6.45) is 1.25. The van der Waals surface area contributed by atoms with Crippen molar-refractivity contribution in [1.82, 2.24) is 5.32 Å². The lowest BCUT2D eigenvalue weighted by molar-refractivity contribution is -0.117. The third-order valence-electron chi connectivity index (χ3n) is 3.46. The van der Waals surface area contributed by atoms with E-state index in [-0.39, 0.29) is 17.5 Å². The molecule has 0 bridgehead atoms. The monoisotopic (exact) mass is 401 g/mol. The summed E-state index contributed by atoms with van der Waals surface area (Å²) in [5.74, 6) is 0.317. The number of amides is 1. The third kappa shape index (κ3) is 10.0. The van der Waals surface area contributed by atoms with E-state index < -0.39 is 0 Å². The van der Waals surface area contributed by atoms with Crippen molar-refractivity contribution in [2.45, 2.75) is 33.7 Å². The second-order valence-electron chi connectivity index (χ2n) is 5.91. The molecule has 0 saturated heterocycles. The first-order valence-corrected chi connectivity index (χ1v) is 9.31. The van der Waals surface area contributed by atoms with Crippen LogP contribution in [-0.2, 0) is 11.3 Å². The molecule has 0 aliphatic rings. The maximum atomic E-state index is 12.9. The van der Waals surface area contributed by atoms with Gasteiger partial charge in [0.1, 0.15) is 17.4 Å².